The molecule has 1 heterocycles. The molecule has 1 aromatic rings. The molecular formula is C15H19N3O5. The number of nitro groups is 1. The largest absolute Gasteiger partial charge is 0.481 e. The lowest BCUT2D eigenvalue weighted by Gasteiger charge is -2.29. The van der Waals surface area contributed by atoms with Crippen LogP contribution >= 0.6 is 0 Å². The zero-order valence-corrected chi connectivity index (χ0v) is 12.8. The third-order valence-corrected chi connectivity index (χ3v) is 3.93. The quantitative estimate of drug-likeness (QED) is 0.629. The van der Waals surface area contributed by atoms with Gasteiger partial charge in [-0.25, -0.2) is 0 Å². The number of hydrogen-bond acceptors (Lipinski definition) is 5. The number of piperidine rings is 1. The van der Waals surface area contributed by atoms with E-state index in [0.29, 0.717) is 25.2 Å². The van der Waals surface area contributed by atoms with Gasteiger partial charge in [-0.1, -0.05) is 6.07 Å². The van der Waals surface area contributed by atoms with E-state index >= 15 is 0 Å². The average molecular weight is 321 g/mol. The van der Waals surface area contributed by atoms with Gasteiger partial charge in [-0.2, -0.15) is 0 Å². The van der Waals surface area contributed by atoms with E-state index in [4.69, 9.17) is 5.11 Å². The average Bonchev–Trinajstić information content (AvgIpc) is 2.49. The highest BCUT2D eigenvalue weighted by atomic mass is 16.6. The minimum absolute atomic E-state index is 0.0753. The Labute approximate surface area is 133 Å². The van der Waals surface area contributed by atoms with Crippen LogP contribution in [0.2, 0.25) is 0 Å². The fourth-order valence-electron chi connectivity index (χ4n) is 2.65. The number of rotatable bonds is 5. The van der Waals surface area contributed by atoms with Crippen molar-refractivity contribution < 1.29 is 19.6 Å². The molecule has 8 heteroatoms. The minimum atomic E-state index is -0.843. The molecule has 1 aromatic carbocycles. The Balaban J connectivity index is 1.98. The van der Waals surface area contributed by atoms with Crippen molar-refractivity contribution in [2.75, 3.05) is 25.0 Å². The minimum Gasteiger partial charge on any atom is -0.481 e. The third kappa shape index (κ3) is 4.49. The highest BCUT2D eigenvalue weighted by Crippen LogP contribution is 2.22. The summed E-state index contributed by atoms with van der Waals surface area (Å²) < 4.78 is 0. The van der Waals surface area contributed by atoms with Gasteiger partial charge in [0.15, 0.2) is 0 Å². The Hall–Kier alpha value is -2.48. The molecule has 1 fully saturated rings. The normalized spacial score (nSPS) is 18.4. The first-order valence-electron chi connectivity index (χ1n) is 7.37. The first-order valence-corrected chi connectivity index (χ1v) is 7.37. The number of hydrogen-bond donors (Lipinski definition) is 2. The molecule has 0 aromatic heterocycles. The number of aliphatic carboxylic acids is 1. The maximum Gasteiger partial charge on any atom is 0.307 e. The van der Waals surface area contributed by atoms with Gasteiger partial charge in [0.05, 0.1) is 23.1 Å². The van der Waals surface area contributed by atoms with E-state index in [9.17, 15) is 19.7 Å². The van der Waals surface area contributed by atoms with Gasteiger partial charge in [-0.3, -0.25) is 24.6 Å². The van der Waals surface area contributed by atoms with Crippen molar-refractivity contribution in [3.05, 3.63) is 33.9 Å². The summed E-state index contributed by atoms with van der Waals surface area (Å²) in [6.07, 6.45) is 1.36. The van der Waals surface area contributed by atoms with Crippen LogP contribution in [0, 0.1) is 23.0 Å². The van der Waals surface area contributed by atoms with Crippen LogP contribution in [0.4, 0.5) is 11.4 Å². The third-order valence-electron chi connectivity index (χ3n) is 3.93. The highest BCUT2D eigenvalue weighted by molar-refractivity contribution is 5.93. The summed E-state index contributed by atoms with van der Waals surface area (Å²) >= 11 is 0. The summed E-state index contributed by atoms with van der Waals surface area (Å²) in [6, 6.07) is 4.28. The number of benzene rings is 1. The molecule has 1 aliphatic heterocycles. The van der Waals surface area contributed by atoms with Gasteiger partial charge in [0.25, 0.3) is 5.69 Å². The van der Waals surface area contributed by atoms with Crippen LogP contribution in [0.3, 0.4) is 0 Å². The number of likely N-dealkylation sites (tertiary alicyclic amines) is 1. The van der Waals surface area contributed by atoms with Crippen molar-refractivity contribution in [3.8, 4) is 0 Å². The van der Waals surface area contributed by atoms with Crippen molar-refractivity contribution in [1.82, 2.24) is 4.90 Å². The molecule has 0 bridgehead atoms. The van der Waals surface area contributed by atoms with Crippen LogP contribution in [0.15, 0.2) is 18.2 Å². The lowest BCUT2D eigenvalue weighted by molar-refractivity contribution is -0.384. The van der Waals surface area contributed by atoms with Crippen molar-refractivity contribution in [2.24, 2.45) is 5.92 Å². The molecule has 2 N–H and O–H groups in total. The number of carbonyl (C=O) groups is 2. The van der Waals surface area contributed by atoms with Crippen molar-refractivity contribution in [2.45, 2.75) is 19.8 Å². The Morgan fingerprint density at radius 1 is 1.48 bits per heavy atom. The van der Waals surface area contributed by atoms with Crippen molar-refractivity contribution >= 4 is 23.3 Å². The summed E-state index contributed by atoms with van der Waals surface area (Å²) in [5, 5.41) is 22.5. The number of anilines is 1. The van der Waals surface area contributed by atoms with E-state index in [0.717, 1.165) is 12.0 Å². The van der Waals surface area contributed by atoms with Crippen molar-refractivity contribution in [1.29, 1.82) is 0 Å². The van der Waals surface area contributed by atoms with E-state index in [-0.39, 0.29) is 18.1 Å². The second kappa shape index (κ2) is 7.19. The molecule has 2 rings (SSSR count). The summed E-state index contributed by atoms with van der Waals surface area (Å²) in [7, 11) is 0. The van der Waals surface area contributed by atoms with Gasteiger partial charge in [-0.05, 0) is 31.9 Å². The number of aryl methyl sites for hydroxylation is 1. The predicted molar refractivity (Wildman–Crippen MR) is 83.3 cm³/mol. The second-order valence-corrected chi connectivity index (χ2v) is 5.72. The van der Waals surface area contributed by atoms with Crippen LogP contribution in [-0.4, -0.2) is 46.4 Å². The molecule has 1 saturated heterocycles. The maximum atomic E-state index is 12.1. The fraction of sp³-hybridized carbons (Fsp3) is 0.467. The van der Waals surface area contributed by atoms with E-state index in [1.807, 2.05) is 0 Å². The fourth-order valence-corrected chi connectivity index (χ4v) is 2.65. The summed E-state index contributed by atoms with van der Waals surface area (Å²) in [6.45, 7) is 2.84. The van der Waals surface area contributed by atoms with Gasteiger partial charge in [-0.15, -0.1) is 0 Å². The lowest BCUT2D eigenvalue weighted by Crippen LogP contribution is -2.42. The number of nitrogens with one attached hydrogen (secondary N) is 1. The molecule has 1 aliphatic rings. The Kier molecular flexibility index (Phi) is 5.28. The van der Waals surface area contributed by atoms with Gasteiger partial charge < -0.3 is 10.4 Å². The number of nitrogens with zero attached hydrogens (tertiary/aromatic N) is 2. The number of carboxylic acids is 1. The van der Waals surface area contributed by atoms with Crippen molar-refractivity contribution in [3.63, 3.8) is 0 Å². The molecule has 8 nitrogen and oxygen atoms in total. The first kappa shape index (κ1) is 16.9. The zero-order chi connectivity index (χ0) is 17.0. The molecule has 0 radical (unpaired) electrons. The topological polar surface area (TPSA) is 113 Å². The van der Waals surface area contributed by atoms with E-state index < -0.39 is 16.8 Å². The van der Waals surface area contributed by atoms with Crippen LogP contribution in [0.25, 0.3) is 0 Å². The number of carbonyl (C=O) groups excluding carboxylic acids is 1. The Morgan fingerprint density at radius 2 is 2.22 bits per heavy atom. The predicted octanol–water partition coefficient (Wildman–Crippen LogP) is 1.64. The van der Waals surface area contributed by atoms with E-state index in [1.54, 1.807) is 17.9 Å². The number of nitro benzene ring substituents is 1. The van der Waals surface area contributed by atoms with Crippen LogP contribution in [0.1, 0.15) is 18.4 Å². The number of amides is 1. The monoisotopic (exact) mass is 321 g/mol. The van der Waals surface area contributed by atoms with Gasteiger partial charge in [0, 0.05) is 18.7 Å². The molecule has 0 aliphatic carbocycles. The molecule has 1 amide bonds. The van der Waals surface area contributed by atoms with Crippen LogP contribution < -0.4 is 5.32 Å². The first-order chi connectivity index (χ1) is 10.9. The van der Waals surface area contributed by atoms with E-state index in [1.165, 1.54) is 12.1 Å². The molecule has 124 valence electrons. The van der Waals surface area contributed by atoms with Gasteiger partial charge in [0.1, 0.15) is 0 Å². The smallest absolute Gasteiger partial charge is 0.307 e. The van der Waals surface area contributed by atoms with Crippen LogP contribution in [0.5, 0.6) is 0 Å². The van der Waals surface area contributed by atoms with Gasteiger partial charge in [0.2, 0.25) is 5.91 Å². The standard InChI is InChI=1S/C15H19N3O5/c1-10-4-5-12(18(22)23)7-13(10)16-14(19)9-17-6-2-3-11(8-17)15(20)21/h4-5,7,11H,2-3,6,8-9H2,1H3,(H,16,19)(H,20,21). The second-order valence-electron chi connectivity index (χ2n) is 5.72. The molecule has 0 saturated carbocycles. The molecular weight excluding hydrogens is 302 g/mol. The SMILES string of the molecule is Cc1ccc([N+](=O)[O-])cc1NC(=O)CN1CCCC(C(=O)O)C1. The Bertz CT molecular complexity index is 632. The Morgan fingerprint density at radius 3 is 2.87 bits per heavy atom. The zero-order valence-electron chi connectivity index (χ0n) is 12.8. The van der Waals surface area contributed by atoms with Crippen LogP contribution in [-0.2, 0) is 9.59 Å². The summed E-state index contributed by atoms with van der Waals surface area (Å²) in [5.74, 6) is -1.60. The maximum absolute atomic E-state index is 12.1. The number of non-ortho nitro benzene ring substituents is 1. The summed E-state index contributed by atoms with van der Waals surface area (Å²) in [4.78, 5) is 35.2. The van der Waals surface area contributed by atoms with E-state index in [2.05, 4.69) is 5.32 Å². The molecule has 1 unspecified atom stereocenters. The highest BCUT2D eigenvalue weighted by Gasteiger charge is 2.26. The molecule has 1 atom stereocenters. The number of carboxylic acid groups (broad SMARTS) is 1. The lowest BCUT2D eigenvalue weighted by atomic mass is 9.98. The van der Waals surface area contributed by atoms with Gasteiger partial charge >= 0.3 is 5.97 Å². The molecule has 23 heavy (non-hydrogen) atoms. The molecule has 0 spiro atoms. The summed E-state index contributed by atoms with van der Waals surface area (Å²) in [5.41, 5.74) is 1.04.